The van der Waals surface area contributed by atoms with Crippen LogP contribution >= 0.6 is 0 Å². The van der Waals surface area contributed by atoms with Crippen molar-refractivity contribution in [3.8, 4) is 0 Å². The molecule has 5 atom stereocenters. The van der Waals surface area contributed by atoms with Crippen LogP contribution in [0.1, 0.15) is 49.4 Å². The van der Waals surface area contributed by atoms with Crippen LogP contribution in [0, 0.1) is 0 Å². The van der Waals surface area contributed by atoms with Gasteiger partial charge < -0.3 is 30.3 Å². The van der Waals surface area contributed by atoms with E-state index in [2.05, 4.69) is 16.0 Å². The Morgan fingerprint density at radius 1 is 1.05 bits per heavy atom. The summed E-state index contributed by atoms with van der Waals surface area (Å²) in [5, 5.41) is 10.9. The maximum Gasteiger partial charge on any atom is 0.310 e. The van der Waals surface area contributed by atoms with Crippen molar-refractivity contribution >= 4 is 34.5 Å². The van der Waals surface area contributed by atoms with E-state index in [4.69, 9.17) is 9.47 Å². The van der Waals surface area contributed by atoms with Gasteiger partial charge in [-0.2, -0.15) is 0 Å². The number of nitrogens with zero attached hydrogens (tertiary/aromatic N) is 1. The molecule has 3 fully saturated rings. The number of carbonyl (C=O) groups is 4. The molecule has 2 unspecified atom stereocenters. The molecule has 3 amide bonds. The van der Waals surface area contributed by atoms with E-state index >= 15 is 0 Å². The highest BCUT2D eigenvalue weighted by molar-refractivity contribution is 6.08. The molecule has 2 aromatic rings. The zero-order chi connectivity index (χ0) is 26.6. The number of hydrogen-bond acceptors (Lipinski definition) is 7. The summed E-state index contributed by atoms with van der Waals surface area (Å²) in [6, 6.07) is 10.8. The van der Waals surface area contributed by atoms with Crippen LogP contribution in [0.5, 0.6) is 0 Å². The molecule has 3 heterocycles. The number of rotatable bonds is 6. The number of carbonyl (C=O) groups excluding carboxylic acids is 4. The van der Waals surface area contributed by atoms with Gasteiger partial charge in [0.1, 0.15) is 18.1 Å². The molecule has 10 heteroatoms. The van der Waals surface area contributed by atoms with Crippen LogP contribution < -0.4 is 16.0 Å². The van der Waals surface area contributed by atoms with E-state index in [1.807, 2.05) is 36.4 Å². The van der Waals surface area contributed by atoms with Gasteiger partial charge in [0, 0.05) is 31.3 Å². The van der Waals surface area contributed by atoms with Gasteiger partial charge in [-0.25, -0.2) is 0 Å². The molecule has 0 bridgehead atoms. The van der Waals surface area contributed by atoms with Crippen molar-refractivity contribution < 1.29 is 28.7 Å². The normalized spacial score (nSPS) is 27.7. The predicted molar refractivity (Wildman–Crippen MR) is 139 cm³/mol. The number of nitrogens with one attached hydrogen (secondary N) is 3. The number of ether oxygens (including phenoxy) is 2. The van der Waals surface area contributed by atoms with Gasteiger partial charge in [0.05, 0.1) is 6.42 Å². The molecular weight excluding hydrogens is 488 g/mol. The van der Waals surface area contributed by atoms with Gasteiger partial charge in [0.15, 0.2) is 0 Å². The summed E-state index contributed by atoms with van der Waals surface area (Å²) < 4.78 is 10.7. The summed E-state index contributed by atoms with van der Waals surface area (Å²) in [5.41, 5.74) is 0.511. The molecular formula is C28H34N4O6. The maximum absolute atomic E-state index is 13.9. The first kappa shape index (κ1) is 26.1. The van der Waals surface area contributed by atoms with Gasteiger partial charge in [-0.15, -0.1) is 0 Å². The Hall–Kier alpha value is -3.50. The summed E-state index contributed by atoms with van der Waals surface area (Å²) in [7, 11) is 0. The van der Waals surface area contributed by atoms with Gasteiger partial charge in [-0.1, -0.05) is 49.2 Å². The Morgan fingerprint density at radius 3 is 2.68 bits per heavy atom. The summed E-state index contributed by atoms with van der Waals surface area (Å²) in [5.74, 6) is -1.38. The van der Waals surface area contributed by atoms with E-state index in [9.17, 15) is 19.2 Å². The van der Waals surface area contributed by atoms with Crippen LogP contribution in [0.4, 0.5) is 0 Å². The summed E-state index contributed by atoms with van der Waals surface area (Å²) in [6.45, 7) is 2.97. The molecule has 3 aliphatic heterocycles. The quantitative estimate of drug-likeness (QED) is 0.491. The van der Waals surface area contributed by atoms with Gasteiger partial charge in [-0.3, -0.25) is 19.2 Å². The molecule has 38 heavy (non-hydrogen) atoms. The van der Waals surface area contributed by atoms with E-state index in [0.29, 0.717) is 25.1 Å². The van der Waals surface area contributed by atoms with Crippen LogP contribution in [-0.4, -0.2) is 78.7 Å². The second-order valence-corrected chi connectivity index (χ2v) is 10.0. The van der Waals surface area contributed by atoms with Crippen LogP contribution in [-0.2, 0) is 23.9 Å². The highest BCUT2D eigenvalue weighted by atomic mass is 16.7. The van der Waals surface area contributed by atoms with Crippen LogP contribution in [0.3, 0.4) is 0 Å². The number of fused-ring (bicyclic) bond motifs is 2. The number of piperazine rings is 1. The first-order valence-corrected chi connectivity index (χ1v) is 13.4. The molecule has 0 radical (unpaired) electrons. The lowest BCUT2D eigenvalue weighted by Gasteiger charge is -2.44. The number of esters is 1. The topological polar surface area (TPSA) is 126 Å². The van der Waals surface area contributed by atoms with Crippen LogP contribution in [0.2, 0.25) is 0 Å². The minimum absolute atomic E-state index is 0.0116. The lowest BCUT2D eigenvalue weighted by Crippen LogP contribution is -2.67. The zero-order valence-corrected chi connectivity index (χ0v) is 21.5. The van der Waals surface area contributed by atoms with Crippen LogP contribution in [0.15, 0.2) is 42.5 Å². The molecule has 3 N–H and O–H groups in total. The minimum Gasteiger partial charge on any atom is -0.433 e. The number of hydrogen-bond donors (Lipinski definition) is 3. The van der Waals surface area contributed by atoms with E-state index in [1.54, 1.807) is 17.9 Å². The Balaban J connectivity index is 1.35. The van der Waals surface area contributed by atoms with Crippen molar-refractivity contribution in [3.63, 3.8) is 0 Å². The summed E-state index contributed by atoms with van der Waals surface area (Å²) in [6.07, 6.45) is 2.10. The van der Waals surface area contributed by atoms with E-state index in [-0.39, 0.29) is 36.7 Å². The predicted octanol–water partition coefficient (Wildman–Crippen LogP) is 1.48. The van der Waals surface area contributed by atoms with Gasteiger partial charge in [0.25, 0.3) is 5.91 Å². The minimum atomic E-state index is -0.848. The fraction of sp³-hybridized carbons (Fsp3) is 0.500. The standard InChI is InChI=1S/C28H34N4O6/c1-2-37-28-22(14-24(33)38-28)31-26(35)23-16-29-15-18-10-4-6-13-21(27(36)32(18)23)30-25(34)20-12-7-9-17-8-3-5-11-19(17)20/h3,5,7-9,11-12,18,21-23,28-29H,2,4,6,10,13-16H2,1H3,(H,30,34)(H,31,35)/t18-,21-,22?,23-,28?/m0/s1. The zero-order valence-electron chi connectivity index (χ0n) is 21.5. The van der Waals surface area contributed by atoms with Crippen molar-refractivity contribution in [2.24, 2.45) is 0 Å². The van der Waals surface area contributed by atoms with Crippen molar-refractivity contribution in [3.05, 3.63) is 48.0 Å². The molecule has 202 valence electrons. The Labute approximate surface area is 221 Å². The molecule has 3 aliphatic rings. The fourth-order valence-electron chi connectivity index (χ4n) is 5.70. The molecule has 0 aliphatic carbocycles. The molecule has 0 saturated carbocycles. The van der Waals surface area contributed by atoms with Gasteiger partial charge in [0.2, 0.25) is 18.1 Å². The van der Waals surface area contributed by atoms with Gasteiger partial charge >= 0.3 is 5.97 Å². The maximum atomic E-state index is 13.9. The second-order valence-electron chi connectivity index (χ2n) is 10.0. The molecule has 3 saturated heterocycles. The van der Waals surface area contributed by atoms with Crippen molar-refractivity contribution in [2.75, 3.05) is 19.7 Å². The van der Waals surface area contributed by atoms with E-state index < -0.39 is 30.4 Å². The highest BCUT2D eigenvalue weighted by Crippen LogP contribution is 2.25. The first-order chi connectivity index (χ1) is 18.5. The lowest BCUT2D eigenvalue weighted by atomic mass is 9.94. The summed E-state index contributed by atoms with van der Waals surface area (Å²) >= 11 is 0. The first-order valence-electron chi connectivity index (χ1n) is 13.4. The third-order valence-corrected chi connectivity index (χ3v) is 7.54. The molecule has 10 nitrogen and oxygen atoms in total. The monoisotopic (exact) mass is 522 g/mol. The number of amides is 3. The number of benzene rings is 2. The highest BCUT2D eigenvalue weighted by Gasteiger charge is 2.44. The molecule has 0 aromatic heterocycles. The Bertz CT molecular complexity index is 1210. The average Bonchev–Trinajstić information content (AvgIpc) is 3.26. The van der Waals surface area contributed by atoms with Crippen molar-refractivity contribution in [1.82, 2.24) is 20.9 Å². The Morgan fingerprint density at radius 2 is 1.84 bits per heavy atom. The van der Waals surface area contributed by atoms with Crippen molar-refractivity contribution in [1.29, 1.82) is 0 Å². The van der Waals surface area contributed by atoms with Crippen LogP contribution in [0.25, 0.3) is 10.8 Å². The second kappa shape index (κ2) is 11.5. The SMILES string of the molecule is CCOC1OC(=O)CC1NC(=O)[C@@H]1CNC[C@@H]2CCCC[C@H](NC(=O)c3cccc4ccccc34)C(=O)N21. The van der Waals surface area contributed by atoms with Crippen molar-refractivity contribution in [2.45, 2.75) is 69.5 Å². The largest absolute Gasteiger partial charge is 0.433 e. The van der Waals surface area contributed by atoms with Gasteiger partial charge in [-0.05, 0) is 36.6 Å². The lowest BCUT2D eigenvalue weighted by molar-refractivity contribution is -0.165. The smallest absolute Gasteiger partial charge is 0.310 e. The van der Waals surface area contributed by atoms with E-state index in [0.717, 1.165) is 30.0 Å². The molecule has 5 rings (SSSR count). The van der Waals surface area contributed by atoms with E-state index in [1.165, 1.54) is 0 Å². The number of cyclic esters (lactones) is 1. The third-order valence-electron chi connectivity index (χ3n) is 7.54. The third kappa shape index (κ3) is 5.37. The Kier molecular flexibility index (Phi) is 7.90. The summed E-state index contributed by atoms with van der Waals surface area (Å²) in [4.78, 5) is 54.2. The molecule has 0 spiro atoms. The molecule has 2 aromatic carbocycles. The average molecular weight is 523 g/mol. The fourth-order valence-corrected chi connectivity index (χ4v) is 5.70.